The van der Waals surface area contributed by atoms with E-state index in [1.165, 1.54) is 0 Å². The van der Waals surface area contributed by atoms with E-state index in [4.69, 9.17) is 10.5 Å². The van der Waals surface area contributed by atoms with Crippen molar-refractivity contribution in [3.63, 3.8) is 0 Å². The molecule has 0 aromatic heterocycles. The average molecular weight is 575 g/mol. The quantitative estimate of drug-likeness (QED) is 0.354. The highest BCUT2D eigenvalue weighted by atomic mass is 19.4. The maximum Gasteiger partial charge on any atom is 0.417 e. The predicted molar refractivity (Wildman–Crippen MR) is 130 cm³/mol. The van der Waals surface area contributed by atoms with Crippen LogP contribution < -0.4 is 20.7 Å². The molecule has 7 nitrogen and oxygen atoms in total. The SMILES string of the molecule is C[C@H](F)COc1ccc(C(=O)N2CCC(F)(F)C(=CC(=O)NCCC(N)=O)c3cc(F)ccc32)c(C(F)(F)F)c1. The van der Waals surface area contributed by atoms with Gasteiger partial charge in [-0.2, -0.15) is 13.2 Å². The van der Waals surface area contributed by atoms with Crippen LogP contribution in [0.25, 0.3) is 5.57 Å². The van der Waals surface area contributed by atoms with E-state index in [0.717, 1.165) is 31.2 Å². The third-order valence-electron chi connectivity index (χ3n) is 5.78. The molecule has 1 heterocycles. The largest absolute Gasteiger partial charge is 0.491 e. The number of anilines is 1. The van der Waals surface area contributed by atoms with E-state index < -0.39 is 83.6 Å². The predicted octanol–water partition coefficient (Wildman–Crippen LogP) is 4.64. The summed E-state index contributed by atoms with van der Waals surface area (Å²) in [4.78, 5) is 37.2. The monoisotopic (exact) mass is 575 g/mol. The first-order valence-corrected chi connectivity index (χ1v) is 11.9. The number of rotatable bonds is 8. The lowest BCUT2D eigenvalue weighted by Crippen LogP contribution is -2.34. The molecular weight excluding hydrogens is 551 g/mol. The van der Waals surface area contributed by atoms with E-state index in [1.807, 2.05) is 0 Å². The minimum absolute atomic E-state index is 0.270. The van der Waals surface area contributed by atoms with Crippen molar-refractivity contribution < 1.29 is 49.9 Å². The molecule has 0 spiro atoms. The number of benzene rings is 2. The van der Waals surface area contributed by atoms with Crippen molar-refractivity contribution in [3.8, 4) is 5.75 Å². The van der Waals surface area contributed by atoms with Gasteiger partial charge in [-0.25, -0.2) is 17.6 Å². The number of hydrogen-bond donors (Lipinski definition) is 2. The van der Waals surface area contributed by atoms with E-state index in [9.17, 15) is 36.3 Å². The Labute approximate surface area is 223 Å². The lowest BCUT2D eigenvalue weighted by Gasteiger charge is -2.25. The molecule has 1 aliphatic heterocycles. The molecule has 2 aromatic carbocycles. The summed E-state index contributed by atoms with van der Waals surface area (Å²) in [6, 6.07) is 4.68. The summed E-state index contributed by atoms with van der Waals surface area (Å²) in [5.41, 5.74) is 0.676. The number of halogens is 7. The fourth-order valence-electron chi connectivity index (χ4n) is 3.94. The zero-order chi connectivity index (χ0) is 29.8. The number of nitrogens with two attached hydrogens (primary N) is 1. The standard InChI is InChI=1S/C26H24F7N3O4/c1-14(27)13-40-16-3-4-17(20(11-16)26(31,32)33)24(39)36-9-7-25(29,30)19(12-23(38)35-8-6-22(34)37)18-10-15(28)2-5-21(18)36/h2-5,10-12,14H,6-9,13H2,1H3,(H2,34,37)(H,35,38)/t14-/m0/s1. The van der Waals surface area contributed by atoms with Crippen LogP contribution in [0.3, 0.4) is 0 Å². The van der Waals surface area contributed by atoms with E-state index in [-0.39, 0.29) is 24.4 Å². The Hall–Kier alpha value is -4.10. The van der Waals surface area contributed by atoms with Crippen LogP contribution in [0.1, 0.15) is 41.3 Å². The van der Waals surface area contributed by atoms with Crippen LogP contribution in [-0.4, -0.2) is 49.5 Å². The molecule has 0 saturated heterocycles. The van der Waals surface area contributed by atoms with Crippen LogP contribution in [0.4, 0.5) is 36.4 Å². The third kappa shape index (κ3) is 7.30. The molecule has 0 aliphatic carbocycles. The Morgan fingerprint density at radius 1 is 1.18 bits per heavy atom. The van der Waals surface area contributed by atoms with E-state index in [1.54, 1.807) is 0 Å². The maximum absolute atomic E-state index is 15.3. The van der Waals surface area contributed by atoms with Gasteiger partial charge >= 0.3 is 6.18 Å². The van der Waals surface area contributed by atoms with Gasteiger partial charge in [-0.3, -0.25) is 14.4 Å². The van der Waals surface area contributed by atoms with Crippen LogP contribution in [0.15, 0.2) is 42.5 Å². The Morgan fingerprint density at radius 2 is 1.88 bits per heavy atom. The second-order valence-electron chi connectivity index (χ2n) is 8.93. The van der Waals surface area contributed by atoms with Crippen molar-refractivity contribution in [2.45, 2.75) is 38.0 Å². The zero-order valence-corrected chi connectivity index (χ0v) is 21.0. The first kappa shape index (κ1) is 30.4. The number of carbonyl (C=O) groups is 3. The minimum Gasteiger partial charge on any atom is -0.491 e. The van der Waals surface area contributed by atoms with Gasteiger partial charge in [0.25, 0.3) is 11.8 Å². The van der Waals surface area contributed by atoms with Gasteiger partial charge < -0.3 is 20.7 Å². The molecule has 2 aromatic rings. The molecule has 3 N–H and O–H groups in total. The number of amides is 3. The molecule has 1 atom stereocenters. The van der Waals surface area contributed by atoms with Crippen LogP contribution in [-0.2, 0) is 15.8 Å². The van der Waals surface area contributed by atoms with Crippen molar-refractivity contribution in [3.05, 3.63) is 65.0 Å². The number of allylic oxidation sites excluding steroid dienone is 1. The van der Waals surface area contributed by atoms with Crippen molar-refractivity contribution >= 4 is 29.0 Å². The van der Waals surface area contributed by atoms with Crippen LogP contribution >= 0.6 is 0 Å². The summed E-state index contributed by atoms with van der Waals surface area (Å²) in [6.07, 6.45) is -7.49. The Balaban J connectivity index is 2.08. The highest BCUT2D eigenvalue weighted by Crippen LogP contribution is 2.44. The van der Waals surface area contributed by atoms with Gasteiger partial charge in [-0.15, -0.1) is 0 Å². The molecule has 0 fully saturated rings. The van der Waals surface area contributed by atoms with Gasteiger partial charge in [0.05, 0.1) is 16.8 Å². The smallest absolute Gasteiger partial charge is 0.417 e. The van der Waals surface area contributed by atoms with E-state index >= 15 is 8.78 Å². The van der Waals surface area contributed by atoms with Gasteiger partial charge in [-0.1, -0.05) is 0 Å². The van der Waals surface area contributed by atoms with E-state index in [0.29, 0.717) is 23.1 Å². The molecule has 3 rings (SSSR count). The lowest BCUT2D eigenvalue weighted by atomic mass is 9.96. The average Bonchev–Trinajstić information content (AvgIpc) is 2.95. The highest BCUT2D eigenvalue weighted by molar-refractivity contribution is 6.10. The Bertz CT molecular complexity index is 1330. The minimum atomic E-state index is -5.08. The molecular formula is C26H24F7N3O4. The molecule has 14 heteroatoms. The van der Waals surface area contributed by atoms with Crippen LogP contribution in [0, 0.1) is 5.82 Å². The Kier molecular flexibility index (Phi) is 9.10. The summed E-state index contributed by atoms with van der Waals surface area (Å²) >= 11 is 0. The summed E-state index contributed by atoms with van der Waals surface area (Å²) in [6.45, 7) is -0.477. The summed E-state index contributed by atoms with van der Waals surface area (Å²) in [5.74, 6) is -8.35. The second kappa shape index (κ2) is 12.0. The number of fused-ring (bicyclic) bond motifs is 1. The van der Waals surface area contributed by atoms with Crippen LogP contribution in [0.5, 0.6) is 5.75 Å². The molecule has 0 radical (unpaired) electrons. The maximum atomic E-state index is 15.3. The van der Waals surface area contributed by atoms with Gasteiger partial charge in [0, 0.05) is 43.1 Å². The molecule has 40 heavy (non-hydrogen) atoms. The molecule has 0 bridgehead atoms. The topological polar surface area (TPSA) is 102 Å². The summed E-state index contributed by atoms with van der Waals surface area (Å²) < 4.78 is 105. The van der Waals surface area contributed by atoms with Gasteiger partial charge in [0.1, 0.15) is 24.3 Å². The molecule has 216 valence electrons. The number of hydrogen-bond acceptors (Lipinski definition) is 4. The number of carbonyl (C=O) groups excluding carboxylic acids is 3. The molecule has 1 aliphatic rings. The summed E-state index contributed by atoms with van der Waals surface area (Å²) in [5, 5.41) is 2.19. The van der Waals surface area contributed by atoms with Crippen molar-refractivity contribution in [1.82, 2.24) is 5.32 Å². The van der Waals surface area contributed by atoms with Crippen molar-refractivity contribution in [2.24, 2.45) is 5.73 Å². The number of alkyl halides is 6. The van der Waals surface area contributed by atoms with Gasteiger partial charge in [0.2, 0.25) is 11.8 Å². The lowest BCUT2D eigenvalue weighted by molar-refractivity contribution is -0.138. The van der Waals surface area contributed by atoms with Crippen LogP contribution in [0.2, 0.25) is 0 Å². The van der Waals surface area contributed by atoms with Gasteiger partial charge in [-0.05, 0) is 43.3 Å². The number of nitrogens with one attached hydrogen (secondary N) is 1. The first-order valence-electron chi connectivity index (χ1n) is 11.9. The van der Waals surface area contributed by atoms with Crippen molar-refractivity contribution in [1.29, 1.82) is 0 Å². The molecule has 3 amide bonds. The van der Waals surface area contributed by atoms with E-state index in [2.05, 4.69) is 5.32 Å². The third-order valence-corrected chi connectivity index (χ3v) is 5.78. The normalized spacial score (nSPS) is 16.6. The number of ether oxygens (including phenoxy) is 1. The molecule has 0 unspecified atom stereocenters. The number of nitrogens with zero attached hydrogens (tertiary/aromatic N) is 1. The fourth-order valence-corrected chi connectivity index (χ4v) is 3.94. The van der Waals surface area contributed by atoms with Crippen molar-refractivity contribution in [2.75, 3.05) is 24.6 Å². The first-order chi connectivity index (χ1) is 18.6. The highest BCUT2D eigenvalue weighted by Gasteiger charge is 2.43. The molecule has 0 saturated carbocycles. The second-order valence-corrected chi connectivity index (χ2v) is 8.93. The fraction of sp³-hybridized carbons (Fsp3) is 0.346. The number of primary amides is 1. The zero-order valence-electron chi connectivity index (χ0n) is 21.0. The Morgan fingerprint density at radius 3 is 2.50 bits per heavy atom. The van der Waals surface area contributed by atoms with Gasteiger partial charge in [0.15, 0.2) is 0 Å². The summed E-state index contributed by atoms with van der Waals surface area (Å²) in [7, 11) is 0.